The molecule has 5 nitrogen and oxygen atoms in total. The maximum atomic E-state index is 12.5. The molecule has 0 radical (unpaired) electrons. The zero-order valence-corrected chi connectivity index (χ0v) is 16.6. The Balaban J connectivity index is 0.00000156. The highest BCUT2D eigenvalue weighted by Gasteiger charge is 2.23. The quantitative estimate of drug-likeness (QED) is 0.853. The largest absolute Gasteiger partial charge is 0.368 e. The summed E-state index contributed by atoms with van der Waals surface area (Å²) in [6.45, 7) is 5.85. The molecule has 0 unspecified atom stereocenters. The average Bonchev–Trinajstić information content (AvgIpc) is 3.03. The van der Waals surface area contributed by atoms with E-state index in [-0.39, 0.29) is 30.7 Å². The van der Waals surface area contributed by atoms with E-state index >= 15 is 0 Å². The summed E-state index contributed by atoms with van der Waals surface area (Å²) in [6, 6.07) is 8.50. The smallest absolute Gasteiger partial charge is 0.273 e. The molecule has 0 saturated carbocycles. The fraction of sp³-hybridized carbons (Fsp3) is 0.412. The van der Waals surface area contributed by atoms with Gasteiger partial charge in [0.1, 0.15) is 5.69 Å². The summed E-state index contributed by atoms with van der Waals surface area (Å²) >= 11 is 1.52. The second-order valence-corrected chi connectivity index (χ2v) is 6.73. The number of hydrogen-bond donors (Lipinski definition) is 1. The van der Waals surface area contributed by atoms with Gasteiger partial charge in [-0.1, -0.05) is 12.1 Å². The zero-order chi connectivity index (χ0) is 16.2. The third kappa shape index (κ3) is 5.31. The lowest BCUT2D eigenvalue weighted by Crippen LogP contribution is -2.48. The highest BCUT2D eigenvalue weighted by atomic mass is 35.5. The van der Waals surface area contributed by atoms with Gasteiger partial charge in [-0.15, -0.1) is 36.2 Å². The third-order valence-electron chi connectivity index (χ3n) is 4.06. The Morgan fingerprint density at radius 3 is 2.60 bits per heavy atom. The Morgan fingerprint density at radius 2 is 1.96 bits per heavy atom. The Kier molecular flexibility index (Phi) is 8.65. The summed E-state index contributed by atoms with van der Waals surface area (Å²) in [7, 11) is 0. The summed E-state index contributed by atoms with van der Waals surface area (Å²) in [6.07, 6.45) is 0.735. The van der Waals surface area contributed by atoms with E-state index in [9.17, 15) is 4.79 Å². The van der Waals surface area contributed by atoms with E-state index in [4.69, 9.17) is 5.73 Å². The van der Waals surface area contributed by atoms with E-state index in [1.54, 1.807) is 0 Å². The van der Waals surface area contributed by atoms with Gasteiger partial charge < -0.3 is 15.5 Å². The van der Waals surface area contributed by atoms with Crippen molar-refractivity contribution in [3.63, 3.8) is 0 Å². The van der Waals surface area contributed by atoms with Crippen LogP contribution < -0.4 is 10.6 Å². The van der Waals surface area contributed by atoms with Gasteiger partial charge in [0.2, 0.25) is 0 Å². The molecular weight excluding hydrogens is 379 g/mol. The van der Waals surface area contributed by atoms with Crippen molar-refractivity contribution >= 4 is 47.7 Å². The van der Waals surface area contributed by atoms with Crippen LogP contribution in [0.5, 0.6) is 0 Å². The van der Waals surface area contributed by atoms with E-state index in [2.05, 4.69) is 41.1 Å². The van der Waals surface area contributed by atoms with E-state index < -0.39 is 0 Å². The molecule has 0 spiro atoms. The number of anilines is 1. The summed E-state index contributed by atoms with van der Waals surface area (Å²) in [5, 5.41) is 2.79. The zero-order valence-electron chi connectivity index (χ0n) is 14.2. The maximum absolute atomic E-state index is 12.5. The summed E-state index contributed by atoms with van der Waals surface area (Å²) < 4.78 is 0. The summed E-state index contributed by atoms with van der Waals surface area (Å²) in [5.74, 6) is 0.0356. The van der Waals surface area contributed by atoms with E-state index in [0.717, 1.165) is 37.6 Å². The number of amides is 1. The minimum Gasteiger partial charge on any atom is -0.368 e. The number of hydrogen-bond acceptors (Lipinski definition) is 5. The normalized spacial score (nSPS) is 13.8. The second-order valence-electron chi connectivity index (χ2n) is 5.78. The number of benzene rings is 1. The van der Waals surface area contributed by atoms with Gasteiger partial charge in [-0.25, -0.2) is 4.98 Å². The Bertz CT molecular complexity index is 687. The van der Waals surface area contributed by atoms with Gasteiger partial charge in [-0.3, -0.25) is 4.79 Å². The SMILES string of the molecule is Cc1cccc(N2CCN(C(=O)c3csc(CCN)n3)CC2)c1.Cl.Cl. The van der Waals surface area contributed by atoms with E-state index in [1.807, 2.05) is 10.3 Å². The maximum Gasteiger partial charge on any atom is 0.273 e. The van der Waals surface area contributed by atoms with Crippen molar-refractivity contribution in [3.8, 4) is 0 Å². The lowest BCUT2D eigenvalue weighted by molar-refractivity contribution is 0.0741. The molecule has 3 rings (SSSR count). The Morgan fingerprint density at radius 1 is 1.24 bits per heavy atom. The third-order valence-corrected chi connectivity index (χ3v) is 4.97. The number of nitrogens with zero attached hydrogens (tertiary/aromatic N) is 3. The molecule has 1 aliphatic heterocycles. The highest BCUT2D eigenvalue weighted by molar-refractivity contribution is 7.09. The standard InChI is InChI=1S/C17H22N4OS.2ClH/c1-13-3-2-4-14(11-13)20-7-9-21(10-8-20)17(22)15-12-23-16(19-15)5-6-18;;/h2-4,11-12H,5-10,18H2,1H3;2*1H. The molecule has 8 heteroatoms. The Hall–Kier alpha value is -1.34. The van der Waals surface area contributed by atoms with Crippen LogP contribution >= 0.6 is 36.2 Å². The van der Waals surface area contributed by atoms with Gasteiger partial charge in [-0.05, 0) is 31.2 Å². The first kappa shape index (κ1) is 21.7. The van der Waals surface area contributed by atoms with Crippen LogP contribution in [0, 0.1) is 6.92 Å². The van der Waals surface area contributed by atoms with Crippen molar-refractivity contribution in [1.29, 1.82) is 0 Å². The molecule has 1 aromatic carbocycles. The van der Waals surface area contributed by atoms with Crippen molar-refractivity contribution in [2.75, 3.05) is 37.6 Å². The van der Waals surface area contributed by atoms with Crippen LogP contribution in [-0.2, 0) is 6.42 Å². The van der Waals surface area contributed by atoms with Gasteiger partial charge in [0.25, 0.3) is 5.91 Å². The lowest BCUT2D eigenvalue weighted by atomic mass is 10.2. The van der Waals surface area contributed by atoms with E-state index in [0.29, 0.717) is 12.2 Å². The molecule has 1 saturated heterocycles. The molecule has 1 aromatic heterocycles. The molecule has 2 heterocycles. The average molecular weight is 403 g/mol. The lowest BCUT2D eigenvalue weighted by Gasteiger charge is -2.36. The molecule has 138 valence electrons. The minimum atomic E-state index is 0. The van der Waals surface area contributed by atoms with Crippen molar-refractivity contribution < 1.29 is 4.79 Å². The monoisotopic (exact) mass is 402 g/mol. The van der Waals surface area contributed by atoms with Gasteiger partial charge >= 0.3 is 0 Å². The number of aromatic nitrogens is 1. The van der Waals surface area contributed by atoms with Gasteiger partial charge in [-0.2, -0.15) is 0 Å². The highest BCUT2D eigenvalue weighted by Crippen LogP contribution is 2.19. The van der Waals surface area contributed by atoms with Crippen LogP contribution in [-0.4, -0.2) is 48.5 Å². The molecule has 25 heavy (non-hydrogen) atoms. The van der Waals surface area contributed by atoms with E-state index in [1.165, 1.54) is 22.6 Å². The molecule has 0 atom stereocenters. The second kappa shape index (κ2) is 9.97. The van der Waals surface area contributed by atoms with Crippen LogP contribution in [0.1, 0.15) is 21.1 Å². The van der Waals surface area contributed by atoms with Crippen LogP contribution in [0.25, 0.3) is 0 Å². The van der Waals surface area contributed by atoms with Crippen LogP contribution in [0.2, 0.25) is 0 Å². The number of aryl methyl sites for hydroxylation is 1. The molecule has 0 aliphatic carbocycles. The number of nitrogens with two attached hydrogens (primary N) is 1. The van der Waals surface area contributed by atoms with Crippen LogP contribution in [0.15, 0.2) is 29.6 Å². The molecule has 0 bridgehead atoms. The van der Waals surface area contributed by atoms with Crippen LogP contribution in [0.3, 0.4) is 0 Å². The fourth-order valence-electron chi connectivity index (χ4n) is 2.80. The number of thiazole rings is 1. The number of piperazine rings is 1. The molecule has 1 aliphatic rings. The summed E-state index contributed by atoms with van der Waals surface area (Å²) in [4.78, 5) is 21.2. The van der Waals surface area contributed by atoms with Crippen molar-refractivity contribution in [1.82, 2.24) is 9.88 Å². The van der Waals surface area contributed by atoms with Gasteiger partial charge in [0.15, 0.2) is 0 Å². The molecule has 1 amide bonds. The predicted molar refractivity (Wildman–Crippen MR) is 109 cm³/mol. The molecule has 1 fully saturated rings. The topological polar surface area (TPSA) is 62.5 Å². The van der Waals surface area contributed by atoms with Gasteiger partial charge in [0.05, 0.1) is 5.01 Å². The van der Waals surface area contributed by atoms with Crippen LogP contribution in [0.4, 0.5) is 5.69 Å². The number of carbonyl (C=O) groups is 1. The van der Waals surface area contributed by atoms with Crippen molar-refractivity contribution in [2.45, 2.75) is 13.3 Å². The first-order valence-electron chi connectivity index (χ1n) is 7.93. The molecule has 2 aromatic rings. The van der Waals surface area contributed by atoms with Gasteiger partial charge in [0, 0.05) is 43.7 Å². The minimum absolute atomic E-state index is 0. The summed E-state index contributed by atoms with van der Waals surface area (Å²) in [5.41, 5.74) is 8.59. The predicted octanol–water partition coefficient (Wildman–Crippen LogP) is 2.76. The first-order valence-corrected chi connectivity index (χ1v) is 8.80. The first-order chi connectivity index (χ1) is 11.2. The number of carbonyl (C=O) groups excluding carboxylic acids is 1. The van der Waals surface area contributed by atoms with Crippen molar-refractivity contribution in [2.24, 2.45) is 5.73 Å². The fourth-order valence-corrected chi connectivity index (χ4v) is 3.59. The molecule has 2 N–H and O–H groups in total. The number of rotatable bonds is 4. The molecular formula is C17H24Cl2N4OS. The van der Waals surface area contributed by atoms with Crippen molar-refractivity contribution in [3.05, 3.63) is 45.9 Å². The Labute approximate surface area is 165 Å². The number of halogens is 2.